The first-order chi connectivity index (χ1) is 10.2. The van der Waals surface area contributed by atoms with E-state index < -0.39 is 17.5 Å². The van der Waals surface area contributed by atoms with Gasteiger partial charge in [0, 0.05) is 11.6 Å². The monoisotopic (exact) mass is 306 g/mol. The molecule has 7 heteroatoms. The van der Waals surface area contributed by atoms with E-state index in [1.54, 1.807) is 6.07 Å². The van der Waals surface area contributed by atoms with Crippen LogP contribution >= 0.6 is 0 Å². The maximum atomic E-state index is 13.5. The Hall–Kier alpha value is -2.57. The number of aromatic nitrogens is 2. The molecule has 0 spiro atoms. The zero-order valence-electron chi connectivity index (χ0n) is 12.4. The van der Waals surface area contributed by atoms with Crippen molar-refractivity contribution in [1.82, 2.24) is 10.2 Å². The summed E-state index contributed by atoms with van der Waals surface area (Å²) < 4.78 is 26.3. The molecule has 1 aromatic heterocycles. The van der Waals surface area contributed by atoms with Gasteiger partial charge >= 0.3 is 0 Å². The average molecular weight is 306 g/mol. The standard InChI is InChI=1S/C15H16F2N4O/c1-15(2,3)19-13-7-6-12(20-21-13)14(22)18-11-5-4-9(16)8-10(11)17/h4-8H,1-3H3,(H,18,22)(H,19,21). The minimum Gasteiger partial charge on any atom is -0.364 e. The second-order valence-electron chi connectivity index (χ2n) is 5.76. The molecule has 2 aromatic rings. The number of nitrogens with zero attached hydrogens (tertiary/aromatic N) is 2. The minimum absolute atomic E-state index is 0.0307. The highest BCUT2D eigenvalue weighted by Crippen LogP contribution is 2.16. The number of amides is 1. The van der Waals surface area contributed by atoms with Gasteiger partial charge in [-0.25, -0.2) is 8.78 Å². The molecule has 116 valence electrons. The molecule has 22 heavy (non-hydrogen) atoms. The van der Waals surface area contributed by atoms with Crippen molar-refractivity contribution in [1.29, 1.82) is 0 Å². The van der Waals surface area contributed by atoms with Crippen molar-refractivity contribution in [3.8, 4) is 0 Å². The highest BCUT2D eigenvalue weighted by atomic mass is 19.1. The van der Waals surface area contributed by atoms with Gasteiger partial charge in [-0.2, -0.15) is 0 Å². The summed E-state index contributed by atoms with van der Waals surface area (Å²) >= 11 is 0. The van der Waals surface area contributed by atoms with E-state index >= 15 is 0 Å². The molecule has 2 N–H and O–H groups in total. The number of carbonyl (C=O) groups excluding carboxylic acids is 1. The summed E-state index contributed by atoms with van der Waals surface area (Å²) in [6.45, 7) is 5.89. The van der Waals surface area contributed by atoms with Crippen molar-refractivity contribution < 1.29 is 13.6 Å². The smallest absolute Gasteiger partial charge is 0.276 e. The predicted molar refractivity (Wildman–Crippen MR) is 79.7 cm³/mol. The lowest BCUT2D eigenvalue weighted by Crippen LogP contribution is -2.27. The molecule has 0 aliphatic carbocycles. The molecule has 1 heterocycles. The van der Waals surface area contributed by atoms with E-state index in [1.807, 2.05) is 20.8 Å². The van der Waals surface area contributed by atoms with E-state index in [2.05, 4.69) is 20.8 Å². The molecule has 2 rings (SSSR count). The topological polar surface area (TPSA) is 66.9 Å². The number of carbonyl (C=O) groups is 1. The second kappa shape index (κ2) is 6.05. The third kappa shape index (κ3) is 4.21. The van der Waals surface area contributed by atoms with Crippen LogP contribution in [0.2, 0.25) is 0 Å². The van der Waals surface area contributed by atoms with Crippen LogP contribution in [-0.4, -0.2) is 21.6 Å². The van der Waals surface area contributed by atoms with E-state index in [-0.39, 0.29) is 16.9 Å². The molecule has 0 fully saturated rings. The Morgan fingerprint density at radius 1 is 1.09 bits per heavy atom. The Labute approximate surface area is 126 Å². The van der Waals surface area contributed by atoms with Crippen LogP contribution in [0.15, 0.2) is 30.3 Å². The summed E-state index contributed by atoms with van der Waals surface area (Å²) in [7, 11) is 0. The van der Waals surface area contributed by atoms with Crippen LogP contribution in [0.3, 0.4) is 0 Å². The fraction of sp³-hybridized carbons (Fsp3) is 0.267. The summed E-state index contributed by atoms with van der Waals surface area (Å²) in [4.78, 5) is 12.0. The van der Waals surface area contributed by atoms with Gasteiger partial charge in [0.05, 0.1) is 5.69 Å². The van der Waals surface area contributed by atoms with E-state index in [9.17, 15) is 13.6 Å². The number of halogens is 2. The molecule has 0 bridgehead atoms. The molecule has 0 atom stereocenters. The number of rotatable bonds is 3. The van der Waals surface area contributed by atoms with Crippen LogP contribution in [0.1, 0.15) is 31.3 Å². The lowest BCUT2D eigenvalue weighted by Gasteiger charge is -2.20. The third-order valence-corrected chi connectivity index (χ3v) is 2.58. The van der Waals surface area contributed by atoms with Crippen LogP contribution in [0, 0.1) is 11.6 Å². The van der Waals surface area contributed by atoms with Gasteiger partial charge in [0.25, 0.3) is 5.91 Å². The van der Waals surface area contributed by atoms with Crippen LogP contribution in [0.4, 0.5) is 20.3 Å². The molecule has 1 amide bonds. The zero-order chi connectivity index (χ0) is 16.3. The van der Waals surface area contributed by atoms with Crippen LogP contribution in [0.5, 0.6) is 0 Å². The molecule has 5 nitrogen and oxygen atoms in total. The Morgan fingerprint density at radius 3 is 2.36 bits per heavy atom. The van der Waals surface area contributed by atoms with Gasteiger partial charge in [-0.15, -0.1) is 10.2 Å². The summed E-state index contributed by atoms with van der Waals surface area (Å²) in [5.41, 5.74) is -0.274. The average Bonchev–Trinajstić information content (AvgIpc) is 2.41. The van der Waals surface area contributed by atoms with Gasteiger partial charge in [-0.1, -0.05) is 0 Å². The fourth-order valence-corrected chi connectivity index (χ4v) is 1.68. The van der Waals surface area contributed by atoms with Gasteiger partial charge in [-0.05, 0) is 45.0 Å². The van der Waals surface area contributed by atoms with Gasteiger partial charge in [0.15, 0.2) is 5.69 Å². The first-order valence-electron chi connectivity index (χ1n) is 6.63. The minimum atomic E-state index is -0.854. The van der Waals surface area contributed by atoms with Crippen molar-refractivity contribution in [3.05, 3.63) is 47.7 Å². The van der Waals surface area contributed by atoms with E-state index in [0.717, 1.165) is 12.1 Å². The quantitative estimate of drug-likeness (QED) is 0.913. The molecule has 0 saturated heterocycles. The Balaban J connectivity index is 2.10. The summed E-state index contributed by atoms with van der Waals surface area (Å²) in [6, 6.07) is 5.97. The number of hydrogen-bond donors (Lipinski definition) is 2. The zero-order valence-corrected chi connectivity index (χ0v) is 12.4. The highest BCUT2D eigenvalue weighted by molar-refractivity contribution is 6.02. The lowest BCUT2D eigenvalue weighted by molar-refractivity contribution is 0.102. The van der Waals surface area contributed by atoms with E-state index in [0.29, 0.717) is 11.9 Å². The Bertz CT molecular complexity index is 681. The Kier molecular flexibility index (Phi) is 4.35. The first kappa shape index (κ1) is 15.8. The number of nitrogens with one attached hydrogen (secondary N) is 2. The van der Waals surface area contributed by atoms with Gasteiger partial charge in [0.2, 0.25) is 0 Å². The van der Waals surface area contributed by atoms with Crippen LogP contribution in [0.25, 0.3) is 0 Å². The molecular weight excluding hydrogens is 290 g/mol. The SMILES string of the molecule is CC(C)(C)Nc1ccc(C(=O)Nc2ccc(F)cc2F)nn1. The summed E-state index contributed by atoms with van der Waals surface area (Å²) in [5, 5.41) is 13.1. The summed E-state index contributed by atoms with van der Waals surface area (Å²) in [6.07, 6.45) is 0. The Morgan fingerprint density at radius 2 is 1.82 bits per heavy atom. The van der Waals surface area contributed by atoms with Gasteiger partial charge in [-0.3, -0.25) is 4.79 Å². The summed E-state index contributed by atoms with van der Waals surface area (Å²) in [5.74, 6) is -1.67. The van der Waals surface area contributed by atoms with Gasteiger partial charge < -0.3 is 10.6 Å². The second-order valence-corrected chi connectivity index (χ2v) is 5.76. The van der Waals surface area contributed by atoms with Crippen molar-refractivity contribution in [3.63, 3.8) is 0 Å². The van der Waals surface area contributed by atoms with Gasteiger partial charge in [0.1, 0.15) is 17.5 Å². The molecule has 0 unspecified atom stereocenters. The maximum absolute atomic E-state index is 13.5. The molecule has 0 radical (unpaired) electrons. The van der Waals surface area contributed by atoms with Crippen molar-refractivity contribution in [2.45, 2.75) is 26.3 Å². The number of hydrogen-bond acceptors (Lipinski definition) is 4. The van der Waals surface area contributed by atoms with E-state index in [4.69, 9.17) is 0 Å². The largest absolute Gasteiger partial charge is 0.364 e. The fourth-order valence-electron chi connectivity index (χ4n) is 1.68. The van der Waals surface area contributed by atoms with Crippen LogP contribution in [-0.2, 0) is 0 Å². The lowest BCUT2D eigenvalue weighted by atomic mass is 10.1. The number of benzene rings is 1. The van der Waals surface area contributed by atoms with Crippen molar-refractivity contribution >= 4 is 17.4 Å². The third-order valence-electron chi connectivity index (χ3n) is 2.58. The van der Waals surface area contributed by atoms with Crippen molar-refractivity contribution in [2.75, 3.05) is 10.6 Å². The van der Waals surface area contributed by atoms with E-state index in [1.165, 1.54) is 6.07 Å². The molecular formula is C15H16F2N4O. The normalized spacial score (nSPS) is 11.1. The molecule has 0 saturated carbocycles. The number of anilines is 2. The molecule has 0 aliphatic rings. The first-order valence-corrected chi connectivity index (χ1v) is 6.63. The highest BCUT2D eigenvalue weighted by Gasteiger charge is 2.14. The molecule has 1 aromatic carbocycles. The van der Waals surface area contributed by atoms with Crippen molar-refractivity contribution in [2.24, 2.45) is 0 Å². The maximum Gasteiger partial charge on any atom is 0.276 e. The van der Waals surface area contributed by atoms with Crippen LogP contribution < -0.4 is 10.6 Å². The molecule has 0 aliphatic heterocycles. The predicted octanol–water partition coefficient (Wildman–Crippen LogP) is 3.22.